The van der Waals surface area contributed by atoms with Gasteiger partial charge >= 0.3 is 0 Å². The molecule has 0 heterocycles. The number of anilines is 1. The predicted octanol–water partition coefficient (Wildman–Crippen LogP) is 2.19. The quantitative estimate of drug-likeness (QED) is 0.663. The first-order valence-corrected chi connectivity index (χ1v) is 6.11. The van der Waals surface area contributed by atoms with Crippen molar-refractivity contribution in [3.63, 3.8) is 0 Å². The second kappa shape index (κ2) is 4.86. The molecule has 1 aliphatic carbocycles. The van der Waals surface area contributed by atoms with Crippen molar-refractivity contribution in [1.29, 1.82) is 0 Å². The molecule has 0 unspecified atom stereocenters. The topological polar surface area (TPSA) is 58.2 Å². The zero-order chi connectivity index (χ0) is 14.1. The second-order valence-corrected chi connectivity index (χ2v) is 4.49. The first kappa shape index (κ1) is 12.5. The molecule has 0 aromatic heterocycles. The summed E-state index contributed by atoms with van der Waals surface area (Å²) in [4.78, 5) is 24.2. The molecule has 20 heavy (non-hydrogen) atoms. The zero-order valence-electron chi connectivity index (χ0n) is 10.4. The summed E-state index contributed by atoms with van der Waals surface area (Å²) in [6, 6.07) is 11.4. The SMILES string of the molecule is O=C1c2ccccc2C(=O)C1NNc1cccc(F)c1. The number of rotatable bonds is 3. The van der Waals surface area contributed by atoms with Gasteiger partial charge in [-0.3, -0.25) is 9.59 Å². The van der Waals surface area contributed by atoms with Gasteiger partial charge in [0.25, 0.3) is 0 Å². The van der Waals surface area contributed by atoms with Crippen LogP contribution in [0.2, 0.25) is 0 Å². The molecule has 0 amide bonds. The Bertz CT molecular complexity index is 665. The molecule has 0 saturated heterocycles. The lowest BCUT2D eigenvalue weighted by atomic mass is 10.1. The molecule has 2 aromatic rings. The maximum Gasteiger partial charge on any atom is 0.190 e. The van der Waals surface area contributed by atoms with Crippen LogP contribution < -0.4 is 10.9 Å². The highest BCUT2D eigenvalue weighted by Gasteiger charge is 2.38. The van der Waals surface area contributed by atoms with E-state index >= 15 is 0 Å². The number of hydrazine groups is 1. The van der Waals surface area contributed by atoms with Crippen molar-refractivity contribution in [2.45, 2.75) is 6.04 Å². The minimum atomic E-state index is -0.976. The van der Waals surface area contributed by atoms with Crippen LogP contribution in [0.1, 0.15) is 20.7 Å². The first-order chi connectivity index (χ1) is 9.66. The molecule has 1 aliphatic rings. The third-order valence-electron chi connectivity index (χ3n) is 3.17. The van der Waals surface area contributed by atoms with Gasteiger partial charge in [-0.25, -0.2) is 9.82 Å². The molecule has 0 bridgehead atoms. The fourth-order valence-corrected chi connectivity index (χ4v) is 2.20. The van der Waals surface area contributed by atoms with Gasteiger partial charge in [0.15, 0.2) is 17.6 Å². The largest absolute Gasteiger partial charge is 0.320 e. The Labute approximate surface area is 114 Å². The number of carbonyl (C=O) groups is 2. The van der Waals surface area contributed by atoms with Crippen molar-refractivity contribution in [3.8, 4) is 0 Å². The van der Waals surface area contributed by atoms with E-state index < -0.39 is 11.9 Å². The Hall–Kier alpha value is -2.53. The van der Waals surface area contributed by atoms with Gasteiger partial charge < -0.3 is 5.43 Å². The average Bonchev–Trinajstić information content (AvgIpc) is 2.70. The monoisotopic (exact) mass is 270 g/mol. The van der Waals surface area contributed by atoms with Crippen molar-refractivity contribution >= 4 is 17.3 Å². The number of hydrogen-bond donors (Lipinski definition) is 2. The fraction of sp³-hybridized carbons (Fsp3) is 0.0667. The maximum absolute atomic E-state index is 13.0. The number of carbonyl (C=O) groups excluding carboxylic acids is 2. The molecular formula is C15H11FN2O2. The molecule has 0 atom stereocenters. The minimum absolute atomic E-state index is 0.283. The Morgan fingerprint density at radius 2 is 1.55 bits per heavy atom. The van der Waals surface area contributed by atoms with Crippen LogP contribution in [0.25, 0.3) is 0 Å². The summed E-state index contributed by atoms with van der Waals surface area (Å²) in [7, 11) is 0. The maximum atomic E-state index is 13.0. The van der Waals surface area contributed by atoms with Crippen molar-refractivity contribution in [2.24, 2.45) is 0 Å². The van der Waals surface area contributed by atoms with Crippen LogP contribution in [0.15, 0.2) is 48.5 Å². The number of hydrogen-bond acceptors (Lipinski definition) is 4. The molecule has 0 radical (unpaired) electrons. The summed E-state index contributed by atoms with van der Waals surface area (Å²) in [5.41, 5.74) is 6.62. The van der Waals surface area contributed by atoms with Crippen LogP contribution in [0.3, 0.4) is 0 Å². The zero-order valence-corrected chi connectivity index (χ0v) is 10.4. The number of benzene rings is 2. The van der Waals surface area contributed by atoms with Crippen LogP contribution in [0.5, 0.6) is 0 Å². The van der Waals surface area contributed by atoms with Gasteiger partial charge in [-0.05, 0) is 18.2 Å². The van der Waals surface area contributed by atoms with Crippen LogP contribution in [-0.2, 0) is 0 Å². The lowest BCUT2D eigenvalue weighted by Crippen LogP contribution is -2.42. The lowest BCUT2D eigenvalue weighted by Gasteiger charge is -2.12. The van der Waals surface area contributed by atoms with E-state index in [2.05, 4.69) is 10.9 Å². The van der Waals surface area contributed by atoms with Gasteiger partial charge in [0.05, 0.1) is 5.69 Å². The molecule has 2 aromatic carbocycles. The van der Waals surface area contributed by atoms with Gasteiger partial charge in [0.1, 0.15) is 5.82 Å². The van der Waals surface area contributed by atoms with Crippen molar-refractivity contribution in [1.82, 2.24) is 5.43 Å². The van der Waals surface area contributed by atoms with Crippen molar-refractivity contribution < 1.29 is 14.0 Å². The first-order valence-electron chi connectivity index (χ1n) is 6.11. The summed E-state index contributed by atoms with van der Waals surface area (Å²) in [5.74, 6) is -0.965. The Balaban J connectivity index is 1.77. The van der Waals surface area contributed by atoms with Gasteiger partial charge in [0, 0.05) is 11.1 Å². The summed E-state index contributed by atoms with van der Waals surface area (Å²) in [6.45, 7) is 0. The fourth-order valence-electron chi connectivity index (χ4n) is 2.20. The molecule has 0 saturated carbocycles. The highest BCUT2D eigenvalue weighted by molar-refractivity contribution is 6.29. The number of ketones is 2. The number of nitrogens with one attached hydrogen (secondary N) is 2. The third-order valence-corrected chi connectivity index (χ3v) is 3.17. The van der Waals surface area contributed by atoms with Crippen LogP contribution in [0, 0.1) is 5.82 Å². The number of fused-ring (bicyclic) bond motifs is 1. The molecule has 0 fully saturated rings. The van der Waals surface area contributed by atoms with E-state index in [9.17, 15) is 14.0 Å². The second-order valence-electron chi connectivity index (χ2n) is 4.49. The Morgan fingerprint density at radius 3 is 2.15 bits per heavy atom. The van der Waals surface area contributed by atoms with Gasteiger partial charge in [-0.2, -0.15) is 0 Å². The van der Waals surface area contributed by atoms with Gasteiger partial charge in [-0.1, -0.05) is 30.3 Å². The number of halogens is 1. The molecule has 0 spiro atoms. The Morgan fingerprint density at radius 1 is 0.900 bits per heavy atom. The standard InChI is InChI=1S/C15H11FN2O2/c16-9-4-3-5-10(8-9)17-18-13-14(19)11-6-1-2-7-12(11)15(13)20/h1-8,13,17-18H. The van der Waals surface area contributed by atoms with E-state index in [0.717, 1.165) is 0 Å². The molecule has 0 aliphatic heterocycles. The van der Waals surface area contributed by atoms with E-state index in [4.69, 9.17) is 0 Å². The highest BCUT2D eigenvalue weighted by atomic mass is 19.1. The van der Waals surface area contributed by atoms with E-state index in [1.807, 2.05) is 0 Å². The Kier molecular flexibility index (Phi) is 3.04. The molecule has 3 rings (SSSR count). The van der Waals surface area contributed by atoms with E-state index in [1.165, 1.54) is 18.2 Å². The van der Waals surface area contributed by atoms with E-state index in [1.54, 1.807) is 30.3 Å². The van der Waals surface area contributed by atoms with E-state index in [-0.39, 0.29) is 11.6 Å². The van der Waals surface area contributed by atoms with E-state index in [0.29, 0.717) is 16.8 Å². The minimum Gasteiger partial charge on any atom is -0.320 e. The molecule has 2 N–H and O–H groups in total. The normalized spacial score (nSPS) is 14.4. The molecule has 100 valence electrons. The lowest BCUT2D eigenvalue weighted by molar-refractivity contribution is 0.0874. The third kappa shape index (κ3) is 2.08. The molecule has 4 nitrogen and oxygen atoms in total. The summed E-state index contributed by atoms with van der Waals surface area (Å²) >= 11 is 0. The summed E-state index contributed by atoms with van der Waals surface area (Å²) in [5, 5.41) is 0. The summed E-state index contributed by atoms with van der Waals surface area (Å²) in [6.07, 6.45) is 0. The van der Waals surface area contributed by atoms with Crippen molar-refractivity contribution in [2.75, 3.05) is 5.43 Å². The van der Waals surface area contributed by atoms with Crippen LogP contribution >= 0.6 is 0 Å². The van der Waals surface area contributed by atoms with Gasteiger partial charge in [-0.15, -0.1) is 0 Å². The average molecular weight is 270 g/mol. The molecular weight excluding hydrogens is 259 g/mol. The highest BCUT2D eigenvalue weighted by Crippen LogP contribution is 2.22. The smallest absolute Gasteiger partial charge is 0.190 e. The predicted molar refractivity (Wildman–Crippen MR) is 72.0 cm³/mol. The molecule has 5 heteroatoms. The van der Waals surface area contributed by atoms with Crippen LogP contribution in [0.4, 0.5) is 10.1 Å². The van der Waals surface area contributed by atoms with Crippen LogP contribution in [-0.4, -0.2) is 17.6 Å². The van der Waals surface area contributed by atoms with Crippen molar-refractivity contribution in [3.05, 3.63) is 65.5 Å². The summed E-state index contributed by atoms with van der Waals surface area (Å²) < 4.78 is 13.0. The number of Topliss-reactive ketones (excluding diaryl/α,β-unsaturated/α-hetero) is 2. The van der Waals surface area contributed by atoms with Gasteiger partial charge in [0.2, 0.25) is 0 Å².